The largest absolute Gasteiger partial charge is 0.493 e. The Morgan fingerprint density at radius 3 is 2.72 bits per heavy atom. The average Bonchev–Trinajstić information content (AvgIpc) is 3.59. The quantitative estimate of drug-likeness (QED) is 0.179. The van der Waals surface area contributed by atoms with Crippen LogP contribution in [0.15, 0.2) is 72.8 Å². The maximum absolute atomic E-state index is 11.7. The maximum atomic E-state index is 11.7. The van der Waals surface area contributed by atoms with Gasteiger partial charge in [-0.2, -0.15) is 0 Å². The van der Waals surface area contributed by atoms with E-state index >= 15 is 0 Å². The van der Waals surface area contributed by atoms with E-state index in [1.54, 1.807) is 0 Å². The summed E-state index contributed by atoms with van der Waals surface area (Å²) in [5, 5.41) is 13.1. The molecular weight excluding hydrogens is 494 g/mol. The molecule has 0 amide bonds. The van der Waals surface area contributed by atoms with Gasteiger partial charge in [0.05, 0.1) is 37.0 Å². The lowest BCUT2D eigenvalue weighted by molar-refractivity contribution is -0.143. The van der Waals surface area contributed by atoms with Gasteiger partial charge in [-0.05, 0) is 55.5 Å². The second kappa shape index (κ2) is 12.8. The van der Waals surface area contributed by atoms with Gasteiger partial charge in [0.2, 0.25) is 5.95 Å². The van der Waals surface area contributed by atoms with E-state index in [4.69, 9.17) is 19.2 Å². The van der Waals surface area contributed by atoms with Gasteiger partial charge in [0.15, 0.2) is 0 Å². The number of rotatable bonds is 12. The molecule has 1 saturated heterocycles. The minimum Gasteiger partial charge on any atom is -0.493 e. The number of aliphatic hydroxyl groups excluding tert-OH is 1. The van der Waals surface area contributed by atoms with Crippen molar-refractivity contribution in [2.75, 3.05) is 25.1 Å². The van der Waals surface area contributed by atoms with Crippen LogP contribution in [0.1, 0.15) is 44.4 Å². The molecule has 4 aromatic rings. The van der Waals surface area contributed by atoms with Crippen LogP contribution in [0.2, 0.25) is 0 Å². The summed E-state index contributed by atoms with van der Waals surface area (Å²) in [6.07, 6.45) is 2.19. The zero-order chi connectivity index (χ0) is 27.0. The number of carbonyl (C=O) groups excluding carboxylic acids is 1. The highest BCUT2D eigenvalue weighted by atomic mass is 16.5. The number of hydrogen-bond donors (Lipinski definition) is 2. The number of para-hydroxylation sites is 2. The minimum atomic E-state index is -0.207. The van der Waals surface area contributed by atoms with Crippen LogP contribution in [0, 0.1) is 0 Å². The number of aromatic nitrogens is 2. The van der Waals surface area contributed by atoms with Gasteiger partial charge in [-0.3, -0.25) is 9.36 Å². The Hall–Kier alpha value is -3.88. The SMILES string of the molecule is CCOC(=O)CCCOc1cc(CNc2nc3ccccc3n2[C@H]2CC[C@@H](CO)O2)ccc1-c1ccccc1. The molecule has 2 atom stereocenters. The van der Waals surface area contributed by atoms with Crippen LogP contribution in [0.25, 0.3) is 22.2 Å². The number of hydrogen-bond acceptors (Lipinski definition) is 7. The number of ether oxygens (including phenoxy) is 3. The lowest BCUT2D eigenvalue weighted by Gasteiger charge is -2.18. The molecule has 0 unspecified atom stereocenters. The first kappa shape index (κ1) is 26.7. The Labute approximate surface area is 228 Å². The molecule has 1 aromatic heterocycles. The number of imidazole rings is 1. The Morgan fingerprint density at radius 2 is 1.92 bits per heavy atom. The predicted molar refractivity (Wildman–Crippen MR) is 151 cm³/mol. The lowest BCUT2D eigenvalue weighted by Crippen LogP contribution is -2.16. The molecule has 0 aliphatic carbocycles. The van der Waals surface area contributed by atoms with Gasteiger partial charge in [0, 0.05) is 18.5 Å². The topological polar surface area (TPSA) is 94.8 Å². The Balaban J connectivity index is 1.35. The minimum absolute atomic E-state index is 0.0161. The molecule has 2 N–H and O–H groups in total. The van der Waals surface area contributed by atoms with E-state index in [0.717, 1.165) is 52.3 Å². The van der Waals surface area contributed by atoms with Crippen LogP contribution < -0.4 is 10.1 Å². The third-order valence-electron chi connectivity index (χ3n) is 6.84. The Morgan fingerprint density at radius 1 is 1.10 bits per heavy atom. The molecule has 0 bridgehead atoms. The van der Waals surface area contributed by atoms with E-state index in [-0.39, 0.29) is 24.9 Å². The molecule has 8 nitrogen and oxygen atoms in total. The molecule has 1 aliphatic heterocycles. The number of benzene rings is 3. The second-order valence-corrected chi connectivity index (χ2v) is 9.57. The molecule has 5 rings (SSSR count). The van der Waals surface area contributed by atoms with Crippen LogP contribution in [0.4, 0.5) is 5.95 Å². The average molecular weight is 530 g/mol. The summed E-state index contributed by atoms with van der Waals surface area (Å²) >= 11 is 0. The zero-order valence-corrected chi connectivity index (χ0v) is 22.2. The molecule has 39 heavy (non-hydrogen) atoms. The summed E-state index contributed by atoms with van der Waals surface area (Å²) < 4.78 is 19.4. The monoisotopic (exact) mass is 529 g/mol. The van der Waals surface area contributed by atoms with Crippen molar-refractivity contribution in [1.82, 2.24) is 9.55 Å². The highest BCUT2D eigenvalue weighted by Crippen LogP contribution is 2.35. The van der Waals surface area contributed by atoms with Gasteiger partial charge in [0.1, 0.15) is 12.0 Å². The Kier molecular flexibility index (Phi) is 8.75. The first-order chi connectivity index (χ1) is 19.2. The van der Waals surface area contributed by atoms with E-state index < -0.39 is 0 Å². The fourth-order valence-electron chi connectivity index (χ4n) is 4.94. The van der Waals surface area contributed by atoms with Crippen LogP contribution in [-0.2, 0) is 20.8 Å². The van der Waals surface area contributed by atoms with Gasteiger partial charge >= 0.3 is 5.97 Å². The second-order valence-electron chi connectivity index (χ2n) is 9.57. The van der Waals surface area contributed by atoms with Crippen LogP contribution in [-0.4, -0.2) is 46.6 Å². The summed E-state index contributed by atoms with van der Waals surface area (Å²) in [4.78, 5) is 16.6. The van der Waals surface area contributed by atoms with E-state index in [2.05, 4.69) is 34.1 Å². The van der Waals surface area contributed by atoms with Crippen molar-refractivity contribution >= 4 is 23.0 Å². The van der Waals surface area contributed by atoms with Crippen LogP contribution >= 0.6 is 0 Å². The third-order valence-corrected chi connectivity index (χ3v) is 6.84. The molecule has 8 heteroatoms. The fraction of sp³-hybridized carbons (Fsp3) is 0.355. The maximum Gasteiger partial charge on any atom is 0.305 e. The zero-order valence-electron chi connectivity index (χ0n) is 22.2. The van der Waals surface area contributed by atoms with Gasteiger partial charge in [0.25, 0.3) is 0 Å². The van der Waals surface area contributed by atoms with E-state index in [9.17, 15) is 9.90 Å². The number of aliphatic hydroxyl groups is 1. The van der Waals surface area contributed by atoms with Crippen molar-refractivity contribution < 1.29 is 24.1 Å². The van der Waals surface area contributed by atoms with Crippen molar-refractivity contribution in [2.24, 2.45) is 0 Å². The number of esters is 1. The highest BCUT2D eigenvalue weighted by molar-refractivity contribution is 5.79. The standard InChI is InChI=1S/C31H35N3O5/c1-2-37-30(36)13-8-18-38-28-19-22(14-16-25(28)23-9-4-3-5-10-23)20-32-31-33-26-11-6-7-12-27(26)34(31)29-17-15-24(21-35)39-29/h3-7,9-12,14,16,19,24,29,35H,2,8,13,15,17-18,20-21H2,1H3,(H,32,33)/t24-,29+/m0/s1. The normalized spacial score (nSPS) is 16.9. The molecule has 1 aliphatic rings. The molecule has 2 heterocycles. The highest BCUT2D eigenvalue weighted by Gasteiger charge is 2.29. The van der Waals surface area contributed by atoms with Crippen molar-refractivity contribution in [3.8, 4) is 16.9 Å². The molecule has 3 aromatic carbocycles. The number of fused-ring (bicyclic) bond motifs is 1. The summed E-state index contributed by atoms with van der Waals surface area (Å²) in [6, 6.07) is 24.3. The van der Waals surface area contributed by atoms with Crippen LogP contribution in [0.5, 0.6) is 5.75 Å². The van der Waals surface area contributed by atoms with E-state index in [1.165, 1.54) is 0 Å². The smallest absolute Gasteiger partial charge is 0.305 e. The van der Waals surface area contributed by atoms with Crippen molar-refractivity contribution in [1.29, 1.82) is 0 Å². The summed E-state index contributed by atoms with van der Waals surface area (Å²) in [6.45, 7) is 3.16. The fourth-order valence-corrected chi connectivity index (χ4v) is 4.94. The molecular formula is C31H35N3O5. The van der Waals surface area contributed by atoms with E-state index in [0.29, 0.717) is 32.6 Å². The first-order valence-corrected chi connectivity index (χ1v) is 13.6. The lowest BCUT2D eigenvalue weighted by atomic mass is 10.0. The summed E-state index contributed by atoms with van der Waals surface area (Å²) in [7, 11) is 0. The Bertz CT molecular complexity index is 1390. The van der Waals surface area contributed by atoms with Gasteiger partial charge < -0.3 is 24.6 Å². The number of nitrogens with one attached hydrogen (secondary N) is 1. The molecule has 0 spiro atoms. The predicted octanol–water partition coefficient (Wildman–Crippen LogP) is 5.71. The number of carbonyl (C=O) groups is 1. The van der Waals surface area contributed by atoms with Crippen molar-refractivity contribution in [3.05, 3.63) is 78.4 Å². The van der Waals surface area contributed by atoms with Crippen molar-refractivity contribution in [2.45, 2.75) is 51.5 Å². The van der Waals surface area contributed by atoms with Gasteiger partial charge in [-0.1, -0.05) is 54.6 Å². The molecule has 1 fully saturated rings. The third kappa shape index (κ3) is 6.41. The summed E-state index contributed by atoms with van der Waals surface area (Å²) in [5.41, 5.74) is 4.98. The van der Waals surface area contributed by atoms with Gasteiger partial charge in [-0.15, -0.1) is 0 Å². The first-order valence-electron chi connectivity index (χ1n) is 13.6. The summed E-state index contributed by atoms with van der Waals surface area (Å²) in [5.74, 6) is 1.29. The van der Waals surface area contributed by atoms with Crippen molar-refractivity contribution in [3.63, 3.8) is 0 Å². The molecule has 0 saturated carbocycles. The van der Waals surface area contributed by atoms with Gasteiger partial charge in [-0.25, -0.2) is 4.98 Å². The molecule has 204 valence electrons. The number of anilines is 1. The number of nitrogens with zero attached hydrogens (tertiary/aromatic N) is 2. The van der Waals surface area contributed by atoms with Crippen LogP contribution in [0.3, 0.4) is 0 Å². The molecule has 0 radical (unpaired) electrons. The van der Waals surface area contributed by atoms with E-state index in [1.807, 2.05) is 55.5 Å².